The van der Waals surface area contributed by atoms with Crippen LogP contribution in [0.4, 0.5) is 16.4 Å². The Balaban J connectivity index is 1.49. The first kappa shape index (κ1) is 20.7. The lowest BCUT2D eigenvalue weighted by atomic mass is 10.2. The van der Waals surface area contributed by atoms with Crippen molar-refractivity contribution < 1.29 is 19.2 Å². The number of carbonyl (C=O) groups excluding carboxylic acids is 2. The van der Waals surface area contributed by atoms with Crippen LogP contribution in [0.25, 0.3) is 0 Å². The topological polar surface area (TPSA) is 105 Å². The summed E-state index contributed by atoms with van der Waals surface area (Å²) in [6.07, 6.45) is 0. The van der Waals surface area contributed by atoms with Crippen LogP contribution in [0, 0.1) is 10.1 Å². The van der Waals surface area contributed by atoms with Crippen LogP contribution < -0.4 is 10.2 Å². The van der Waals surface area contributed by atoms with Crippen LogP contribution in [-0.2, 0) is 9.53 Å². The van der Waals surface area contributed by atoms with E-state index in [-0.39, 0.29) is 24.7 Å². The number of piperazine rings is 1. The molecule has 0 spiro atoms. The van der Waals surface area contributed by atoms with Gasteiger partial charge in [0.25, 0.3) is 5.69 Å². The lowest BCUT2D eigenvalue weighted by Gasteiger charge is -2.35. The van der Waals surface area contributed by atoms with Crippen LogP contribution in [0.3, 0.4) is 0 Å². The third-order valence-electron chi connectivity index (χ3n) is 4.58. The summed E-state index contributed by atoms with van der Waals surface area (Å²) in [5.74, 6) is -0.623. The molecule has 1 fully saturated rings. The highest BCUT2D eigenvalue weighted by Crippen LogP contribution is 2.24. The van der Waals surface area contributed by atoms with Crippen molar-refractivity contribution in [1.82, 2.24) is 4.90 Å². The number of hydrogen-bond acceptors (Lipinski definition) is 8. The highest BCUT2D eigenvalue weighted by Gasteiger charge is 2.21. The van der Waals surface area contributed by atoms with Crippen LogP contribution in [0.2, 0.25) is 0 Å². The number of nitro groups is 1. The predicted octanol–water partition coefficient (Wildman–Crippen LogP) is 2.59. The molecular weight excluding hydrogens is 396 g/mol. The lowest BCUT2D eigenvalue weighted by Crippen LogP contribution is -2.48. The van der Waals surface area contributed by atoms with E-state index < -0.39 is 10.9 Å². The summed E-state index contributed by atoms with van der Waals surface area (Å²) in [5.41, 5.74) is 1.37. The number of esters is 1. The molecule has 154 valence electrons. The molecule has 29 heavy (non-hydrogen) atoms. The van der Waals surface area contributed by atoms with E-state index in [1.807, 2.05) is 4.90 Å². The Morgan fingerprint density at radius 3 is 2.48 bits per heavy atom. The fourth-order valence-corrected chi connectivity index (χ4v) is 3.89. The average Bonchev–Trinajstić information content (AvgIpc) is 3.17. The molecule has 0 saturated carbocycles. The number of nitrogens with zero attached hydrogens (tertiary/aromatic N) is 3. The largest absolute Gasteiger partial charge is 0.462 e. The number of anilines is 2. The number of amides is 1. The van der Waals surface area contributed by atoms with Gasteiger partial charge in [0.05, 0.1) is 23.6 Å². The lowest BCUT2D eigenvalue weighted by molar-refractivity contribution is -0.384. The Bertz CT molecular complexity index is 875. The van der Waals surface area contributed by atoms with Gasteiger partial charge in [0.15, 0.2) is 0 Å². The van der Waals surface area contributed by atoms with Crippen molar-refractivity contribution in [3.8, 4) is 0 Å². The fraction of sp³-hybridized carbons (Fsp3) is 0.368. The molecule has 1 amide bonds. The Kier molecular flexibility index (Phi) is 6.78. The molecule has 1 aromatic heterocycles. The third kappa shape index (κ3) is 5.30. The normalized spacial score (nSPS) is 14.4. The first-order valence-corrected chi connectivity index (χ1v) is 10.1. The van der Waals surface area contributed by atoms with Gasteiger partial charge < -0.3 is 15.0 Å². The molecule has 1 saturated heterocycles. The number of non-ortho nitro benzene ring substituents is 1. The maximum absolute atomic E-state index is 12.4. The van der Waals surface area contributed by atoms with Crippen LogP contribution in [0.5, 0.6) is 0 Å². The molecule has 1 aromatic carbocycles. The second kappa shape index (κ2) is 9.48. The van der Waals surface area contributed by atoms with E-state index >= 15 is 0 Å². The van der Waals surface area contributed by atoms with Gasteiger partial charge in [-0.05, 0) is 30.5 Å². The van der Waals surface area contributed by atoms with Crippen molar-refractivity contribution >= 4 is 39.6 Å². The van der Waals surface area contributed by atoms with E-state index in [1.54, 1.807) is 30.5 Å². The zero-order valence-corrected chi connectivity index (χ0v) is 16.8. The van der Waals surface area contributed by atoms with E-state index in [4.69, 9.17) is 4.74 Å². The summed E-state index contributed by atoms with van der Waals surface area (Å²) >= 11 is 1.29. The second-order valence-electron chi connectivity index (χ2n) is 6.47. The smallest absolute Gasteiger partial charge is 0.341 e. The minimum absolute atomic E-state index is 0.0693. The monoisotopic (exact) mass is 418 g/mol. The van der Waals surface area contributed by atoms with Gasteiger partial charge in [0, 0.05) is 44.0 Å². The molecule has 1 aliphatic rings. The summed E-state index contributed by atoms with van der Waals surface area (Å²) in [5, 5.41) is 15.8. The molecule has 3 rings (SSSR count). The van der Waals surface area contributed by atoms with Crippen LogP contribution >= 0.6 is 11.3 Å². The molecule has 0 atom stereocenters. The molecule has 0 radical (unpaired) electrons. The highest BCUT2D eigenvalue weighted by molar-refractivity contribution is 7.14. The number of carbonyl (C=O) groups is 2. The van der Waals surface area contributed by atoms with Gasteiger partial charge in [0.2, 0.25) is 5.91 Å². The number of benzene rings is 1. The third-order valence-corrected chi connectivity index (χ3v) is 5.41. The van der Waals surface area contributed by atoms with Gasteiger partial charge in [-0.25, -0.2) is 4.79 Å². The van der Waals surface area contributed by atoms with E-state index in [2.05, 4.69) is 10.2 Å². The summed E-state index contributed by atoms with van der Waals surface area (Å²) in [4.78, 5) is 38.8. The first-order chi connectivity index (χ1) is 14.0. The van der Waals surface area contributed by atoms with Crippen LogP contribution in [0.1, 0.15) is 17.3 Å². The van der Waals surface area contributed by atoms with Crippen molar-refractivity contribution in [2.24, 2.45) is 0 Å². The Labute approximate surface area is 172 Å². The second-order valence-corrected chi connectivity index (χ2v) is 7.38. The number of ether oxygens (including phenoxy) is 1. The number of nitro benzene ring substituents is 1. The molecule has 1 N–H and O–H groups in total. The van der Waals surface area contributed by atoms with E-state index in [9.17, 15) is 19.7 Å². The highest BCUT2D eigenvalue weighted by atomic mass is 32.1. The molecule has 2 heterocycles. The van der Waals surface area contributed by atoms with Gasteiger partial charge in [-0.2, -0.15) is 0 Å². The molecule has 10 heteroatoms. The number of thiophene rings is 1. The SMILES string of the molecule is CCOC(=O)c1ccsc1NC(=O)CN1CCN(c2ccc([N+](=O)[O-])cc2)CC1. The van der Waals surface area contributed by atoms with Gasteiger partial charge >= 0.3 is 5.97 Å². The summed E-state index contributed by atoms with van der Waals surface area (Å²) in [6, 6.07) is 8.12. The van der Waals surface area contributed by atoms with Crippen molar-refractivity contribution in [2.45, 2.75) is 6.92 Å². The summed E-state index contributed by atoms with van der Waals surface area (Å²) in [6.45, 7) is 5.07. The molecular formula is C19H22N4O5S. The predicted molar refractivity (Wildman–Crippen MR) is 111 cm³/mol. The van der Waals surface area contributed by atoms with Crippen molar-refractivity contribution in [1.29, 1.82) is 0 Å². The first-order valence-electron chi connectivity index (χ1n) is 9.24. The van der Waals surface area contributed by atoms with Crippen molar-refractivity contribution in [2.75, 3.05) is 49.5 Å². The number of rotatable bonds is 7. The van der Waals surface area contributed by atoms with Crippen molar-refractivity contribution in [3.63, 3.8) is 0 Å². The Hall–Kier alpha value is -2.98. The zero-order valence-electron chi connectivity index (χ0n) is 16.0. The molecule has 9 nitrogen and oxygen atoms in total. The maximum atomic E-state index is 12.4. The van der Waals surface area contributed by atoms with E-state index in [0.717, 1.165) is 18.8 Å². The fourth-order valence-electron chi connectivity index (χ4n) is 3.09. The Morgan fingerprint density at radius 2 is 1.86 bits per heavy atom. The van der Waals surface area contributed by atoms with E-state index in [1.165, 1.54) is 23.5 Å². The summed E-state index contributed by atoms with van der Waals surface area (Å²) in [7, 11) is 0. The summed E-state index contributed by atoms with van der Waals surface area (Å²) < 4.78 is 5.00. The minimum atomic E-state index is -0.444. The molecule has 0 unspecified atom stereocenters. The number of nitrogens with one attached hydrogen (secondary N) is 1. The number of hydrogen-bond donors (Lipinski definition) is 1. The van der Waals surface area contributed by atoms with Crippen molar-refractivity contribution in [3.05, 3.63) is 51.4 Å². The van der Waals surface area contributed by atoms with Gasteiger partial charge in [-0.1, -0.05) is 0 Å². The maximum Gasteiger partial charge on any atom is 0.341 e. The zero-order chi connectivity index (χ0) is 20.8. The average molecular weight is 418 g/mol. The van der Waals surface area contributed by atoms with Crippen LogP contribution in [-0.4, -0.2) is 61.0 Å². The van der Waals surface area contributed by atoms with Gasteiger partial charge in [0.1, 0.15) is 5.00 Å². The molecule has 2 aromatic rings. The van der Waals surface area contributed by atoms with Gasteiger partial charge in [-0.15, -0.1) is 11.3 Å². The molecule has 0 aliphatic carbocycles. The molecule has 1 aliphatic heterocycles. The molecule has 0 bridgehead atoms. The van der Waals surface area contributed by atoms with Crippen LogP contribution in [0.15, 0.2) is 35.7 Å². The quantitative estimate of drug-likeness (QED) is 0.419. The minimum Gasteiger partial charge on any atom is -0.462 e. The van der Waals surface area contributed by atoms with Gasteiger partial charge in [-0.3, -0.25) is 19.8 Å². The Morgan fingerprint density at radius 1 is 1.17 bits per heavy atom. The van der Waals surface area contributed by atoms with E-state index in [0.29, 0.717) is 23.7 Å². The standard InChI is InChI=1S/C19H22N4O5S/c1-2-28-19(25)16-7-12-29-18(16)20-17(24)13-21-8-10-22(11-9-21)14-3-5-15(6-4-14)23(26)27/h3-7,12H,2,8-11,13H2,1H3,(H,20,24).